The van der Waals surface area contributed by atoms with Crippen molar-refractivity contribution in [2.45, 2.75) is 58.3 Å². The fourth-order valence-electron chi connectivity index (χ4n) is 2.56. The van der Waals surface area contributed by atoms with Crippen LogP contribution in [0.25, 0.3) is 0 Å². The van der Waals surface area contributed by atoms with E-state index in [1.54, 1.807) is 0 Å². The number of anilines is 1. The quantitative estimate of drug-likeness (QED) is 0.454. The summed E-state index contributed by atoms with van der Waals surface area (Å²) in [5.74, 6) is 0.777. The molecule has 1 aromatic carbocycles. The first kappa shape index (κ1) is 22.3. The molecule has 1 aromatic rings. The predicted molar refractivity (Wildman–Crippen MR) is 108 cm³/mol. The Morgan fingerprint density at radius 1 is 1.00 bits per heavy atom. The first-order valence-electron chi connectivity index (χ1n) is 9.93. The molecule has 0 saturated carbocycles. The zero-order valence-electron chi connectivity index (χ0n) is 16.8. The van der Waals surface area contributed by atoms with Gasteiger partial charge in [0.25, 0.3) is 0 Å². The molecule has 5 nitrogen and oxygen atoms in total. The van der Waals surface area contributed by atoms with Gasteiger partial charge in [-0.05, 0) is 32.6 Å². The van der Waals surface area contributed by atoms with Crippen LogP contribution in [-0.4, -0.2) is 44.8 Å². The van der Waals surface area contributed by atoms with Gasteiger partial charge in [0.2, 0.25) is 0 Å². The molecule has 0 fully saturated rings. The van der Waals surface area contributed by atoms with E-state index >= 15 is 0 Å². The second-order valence-electron chi connectivity index (χ2n) is 6.92. The standard InChI is InChI=1S/C21H36N2O3/c1-4-5-6-7-8-9-10-11-16-25-20-14-12-13-19(18-20)22-21(24)26-17-15-23(2)3/h12-14,18H,4-11,15-17H2,1-3H3,(H,22,24). The molecule has 0 atom stereocenters. The number of benzene rings is 1. The Balaban J connectivity index is 2.16. The normalized spacial score (nSPS) is 10.8. The summed E-state index contributed by atoms with van der Waals surface area (Å²) < 4.78 is 10.9. The molecule has 0 bridgehead atoms. The third-order valence-corrected chi connectivity index (χ3v) is 4.12. The van der Waals surface area contributed by atoms with Crippen LogP contribution in [0.2, 0.25) is 0 Å². The van der Waals surface area contributed by atoms with Crippen molar-refractivity contribution in [3.63, 3.8) is 0 Å². The summed E-state index contributed by atoms with van der Waals surface area (Å²) in [5, 5.41) is 2.73. The maximum atomic E-state index is 11.7. The molecule has 0 aliphatic heterocycles. The molecule has 0 aliphatic rings. The van der Waals surface area contributed by atoms with Gasteiger partial charge in [0, 0.05) is 18.3 Å². The lowest BCUT2D eigenvalue weighted by atomic mass is 10.1. The minimum atomic E-state index is -0.438. The van der Waals surface area contributed by atoms with E-state index in [-0.39, 0.29) is 0 Å². The van der Waals surface area contributed by atoms with Gasteiger partial charge in [0.1, 0.15) is 12.4 Å². The molecule has 0 heterocycles. The maximum absolute atomic E-state index is 11.7. The molecule has 0 aliphatic carbocycles. The van der Waals surface area contributed by atoms with Crippen molar-refractivity contribution in [2.24, 2.45) is 0 Å². The summed E-state index contributed by atoms with van der Waals surface area (Å²) in [6, 6.07) is 7.44. The van der Waals surface area contributed by atoms with E-state index in [1.807, 2.05) is 43.3 Å². The van der Waals surface area contributed by atoms with E-state index in [2.05, 4.69) is 12.2 Å². The molecular formula is C21H36N2O3. The van der Waals surface area contributed by atoms with Crippen molar-refractivity contribution >= 4 is 11.8 Å². The van der Waals surface area contributed by atoms with Gasteiger partial charge in [-0.2, -0.15) is 0 Å². The predicted octanol–water partition coefficient (Wildman–Crippen LogP) is 5.32. The van der Waals surface area contributed by atoms with Crippen LogP contribution in [0.4, 0.5) is 10.5 Å². The molecule has 26 heavy (non-hydrogen) atoms. The van der Waals surface area contributed by atoms with Crippen molar-refractivity contribution in [1.82, 2.24) is 4.90 Å². The van der Waals surface area contributed by atoms with Crippen molar-refractivity contribution in [3.05, 3.63) is 24.3 Å². The summed E-state index contributed by atoms with van der Waals surface area (Å²) in [6.45, 7) is 4.03. The van der Waals surface area contributed by atoms with Crippen LogP contribution in [0, 0.1) is 0 Å². The van der Waals surface area contributed by atoms with Crippen molar-refractivity contribution in [2.75, 3.05) is 39.2 Å². The number of carbonyl (C=O) groups excluding carboxylic acids is 1. The second kappa shape index (κ2) is 14.4. The topological polar surface area (TPSA) is 50.8 Å². The second-order valence-corrected chi connectivity index (χ2v) is 6.92. The Labute approximate surface area is 159 Å². The van der Waals surface area contributed by atoms with Crippen LogP contribution in [0.3, 0.4) is 0 Å². The number of hydrogen-bond acceptors (Lipinski definition) is 4. The van der Waals surface area contributed by atoms with Crippen LogP contribution in [-0.2, 0) is 4.74 Å². The van der Waals surface area contributed by atoms with Gasteiger partial charge in [-0.3, -0.25) is 5.32 Å². The van der Waals surface area contributed by atoms with E-state index in [0.29, 0.717) is 25.4 Å². The Kier molecular flexibility index (Phi) is 12.4. The molecule has 0 aromatic heterocycles. The highest BCUT2D eigenvalue weighted by molar-refractivity contribution is 5.84. The van der Waals surface area contributed by atoms with Gasteiger partial charge in [0.15, 0.2) is 0 Å². The minimum absolute atomic E-state index is 0.369. The highest BCUT2D eigenvalue weighted by atomic mass is 16.5. The van der Waals surface area contributed by atoms with Gasteiger partial charge >= 0.3 is 6.09 Å². The highest BCUT2D eigenvalue weighted by Gasteiger charge is 2.04. The average Bonchev–Trinajstić information content (AvgIpc) is 2.60. The molecule has 1 N–H and O–H groups in total. The van der Waals surface area contributed by atoms with Crippen LogP contribution in [0.5, 0.6) is 5.75 Å². The largest absolute Gasteiger partial charge is 0.494 e. The minimum Gasteiger partial charge on any atom is -0.494 e. The first-order chi connectivity index (χ1) is 12.6. The van der Waals surface area contributed by atoms with E-state index in [4.69, 9.17) is 9.47 Å². The van der Waals surface area contributed by atoms with E-state index in [1.165, 1.54) is 44.9 Å². The monoisotopic (exact) mass is 364 g/mol. The van der Waals surface area contributed by atoms with Gasteiger partial charge in [-0.25, -0.2) is 4.79 Å². The molecular weight excluding hydrogens is 328 g/mol. The first-order valence-corrected chi connectivity index (χ1v) is 9.93. The summed E-state index contributed by atoms with van der Waals surface area (Å²) in [4.78, 5) is 13.7. The third-order valence-electron chi connectivity index (χ3n) is 4.12. The lowest BCUT2D eigenvalue weighted by Crippen LogP contribution is -2.22. The Bertz CT molecular complexity index is 492. The molecule has 5 heteroatoms. The number of rotatable bonds is 14. The smallest absolute Gasteiger partial charge is 0.411 e. The molecule has 1 amide bonds. The van der Waals surface area contributed by atoms with Gasteiger partial charge in [-0.15, -0.1) is 0 Å². The van der Waals surface area contributed by atoms with Crippen molar-refractivity contribution < 1.29 is 14.3 Å². The lowest BCUT2D eigenvalue weighted by Gasteiger charge is -2.11. The van der Waals surface area contributed by atoms with E-state index < -0.39 is 6.09 Å². The van der Waals surface area contributed by atoms with E-state index in [0.717, 1.165) is 12.2 Å². The van der Waals surface area contributed by atoms with Gasteiger partial charge < -0.3 is 14.4 Å². The average molecular weight is 365 g/mol. The fourth-order valence-corrected chi connectivity index (χ4v) is 2.56. The number of ether oxygens (including phenoxy) is 2. The number of likely N-dealkylation sites (N-methyl/N-ethyl adjacent to an activating group) is 1. The molecule has 148 valence electrons. The number of unbranched alkanes of at least 4 members (excludes halogenated alkanes) is 7. The Morgan fingerprint density at radius 2 is 1.69 bits per heavy atom. The lowest BCUT2D eigenvalue weighted by molar-refractivity contribution is 0.151. The summed E-state index contributed by atoms with van der Waals surface area (Å²) in [6.07, 6.45) is 9.83. The van der Waals surface area contributed by atoms with Crippen molar-refractivity contribution in [1.29, 1.82) is 0 Å². The van der Waals surface area contributed by atoms with Crippen LogP contribution < -0.4 is 10.1 Å². The zero-order valence-corrected chi connectivity index (χ0v) is 16.8. The molecule has 0 spiro atoms. The van der Waals surface area contributed by atoms with Gasteiger partial charge in [-0.1, -0.05) is 57.9 Å². The molecule has 0 radical (unpaired) electrons. The summed E-state index contributed by atoms with van der Waals surface area (Å²) >= 11 is 0. The summed E-state index contributed by atoms with van der Waals surface area (Å²) in [7, 11) is 3.88. The number of nitrogens with one attached hydrogen (secondary N) is 1. The fraction of sp³-hybridized carbons (Fsp3) is 0.667. The van der Waals surface area contributed by atoms with Gasteiger partial charge in [0.05, 0.1) is 6.61 Å². The van der Waals surface area contributed by atoms with Crippen molar-refractivity contribution in [3.8, 4) is 5.75 Å². The van der Waals surface area contributed by atoms with E-state index in [9.17, 15) is 4.79 Å². The molecule has 0 unspecified atom stereocenters. The number of nitrogens with zero attached hydrogens (tertiary/aromatic N) is 1. The molecule has 0 saturated heterocycles. The molecule has 1 rings (SSSR count). The SMILES string of the molecule is CCCCCCCCCCOc1cccc(NC(=O)OCCN(C)C)c1. The van der Waals surface area contributed by atoms with Crippen LogP contribution in [0.1, 0.15) is 58.3 Å². The van der Waals surface area contributed by atoms with Crippen LogP contribution >= 0.6 is 0 Å². The third kappa shape index (κ3) is 11.7. The Hall–Kier alpha value is -1.75. The summed E-state index contributed by atoms with van der Waals surface area (Å²) in [5.41, 5.74) is 0.688. The van der Waals surface area contributed by atoms with Crippen LogP contribution in [0.15, 0.2) is 24.3 Å². The number of carbonyl (C=O) groups is 1. The maximum Gasteiger partial charge on any atom is 0.411 e. The zero-order chi connectivity index (χ0) is 19.0. The number of amides is 1. The highest BCUT2D eigenvalue weighted by Crippen LogP contribution is 2.18. The Morgan fingerprint density at radius 3 is 2.38 bits per heavy atom. The number of hydrogen-bond donors (Lipinski definition) is 1.